The summed E-state index contributed by atoms with van der Waals surface area (Å²) in [5.74, 6) is -0.996. The van der Waals surface area contributed by atoms with E-state index < -0.39 is 12.0 Å². The van der Waals surface area contributed by atoms with E-state index in [1.54, 1.807) is 0 Å². The zero-order chi connectivity index (χ0) is 8.69. The molecule has 0 fully saturated rings. The van der Waals surface area contributed by atoms with Crippen LogP contribution < -0.4 is 5.73 Å². The maximum absolute atomic E-state index is 10.2. The van der Waals surface area contributed by atoms with Gasteiger partial charge in [0.2, 0.25) is 0 Å². The van der Waals surface area contributed by atoms with E-state index in [1.165, 1.54) is 0 Å². The number of carboxylic acids is 1. The molecule has 0 aromatic heterocycles. The van der Waals surface area contributed by atoms with Crippen molar-refractivity contribution >= 4 is 13.9 Å². The molecule has 0 saturated heterocycles. The van der Waals surface area contributed by atoms with Crippen molar-refractivity contribution < 1.29 is 14.5 Å². The third-order valence-electron chi connectivity index (χ3n) is 1.19. The number of nitrogens with two attached hydrogens (primary N) is 1. The number of aliphatic carboxylic acids is 1. The van der Waals surface area contributed by atoms with E-state index in [9.17, 15) is 9.36 Å². The molecule has 0 aromatic carbocycles. The van der Waals surface area contributed by atoms with Crippen LogP contribution in [0.25, 0.3) is 0 Å². The molecule has 0 aliphatic carbocycles. The number of carbonyl (C=O) groups is 1. The van der Waals surface area contributed by atoms with E-state index in [2.05, 4.69) is 5.63 Å². The van der Waals surface area contributed by atoms with Crippen LogP contribution in [0.2, 0.25) is 0 Å². The summed E-state index contributed by atoms with van der Waals surface area (Å²) in [5.41, 5.74) is 7.70. The molecule has 62 valence electrons. The molecule has 11 heavy (non-hydrogen) atoms. The Hall–Kier alpha value is -0.560. The van der Waals surface area contributed by atoms with Gasteiger partial charge in [-0.3, -0.25) is 0 Å². The average Bonchev–Trinajstić information content (AvgIpc) is 1.97. The Morgan fingerprint density at radius 2 is 2.36 bits per heavy atom. The Bertz CT molecular complexity index is 221. The maximum atomic E-state index is 10.2. The minimum absolute atomic E-state index is 0.130. The molecule has 0 saturated carbocycles. The molecule has 0 aliphatic rings. The molecule has 3 N–H and O–H groups in total. The molecule has 5 heteroatoms. The number of rotatable bonds is 4. The van der Waals surface area contributed by atoms with Crippen LogP contribution in [0.5, 0.6) is 0 Å². The number of unbranched alkanes of at least 4 members (excludes halogenated alkanes) is 1. The first-order valence-electron chi connectivity index (χ1n) is 3.22. The van der Waals surface area contributed by atoms with Gasteiger partial charge in [0, 0.05) is 0 Å². The Balaban J connectivity index is 3.43. The van der Waals surface area contributed by atoms with Crippen molar-refractivity contribution in [1.82, 2.24) is 0 Å². The van der Waals surface area contributed by atoms with Crippen molar-refractivity contribution in [2.45, 2.75) is 25.3 Å². The molecule has 0 amide bonds. The second-order valence-corrected chi connectivity index (χ2v) is 2.59. The first kappa shape index (κ1) is 10.4. The monoisotopic (exact) mass is 175 g/mol. The second-order valence-electron chi connectivity index (χ2n) is 2.09. The summed E-state index contributed by atoms with van der Waals surface area (Å²) in [6.45, 7) is 0. The van der Waals surface area contributed by atoms with Crippen molar-refractivity contribution in [2.24, 2.45) is 5.73 Å². The number of hydrogen-bond donors (Lipinski definition) is 2. The van der Waals surface area contributed by atoms with E-state index in [4.69, 9.17) is 10.8 Å². The molecule has 0 spiro atoms. The van der Waals surface area contributed by atoms with Crippen LogP contribution in [-0.4, -0.2) is 17.1 Å². The normalized spacial score (nSPS) is 11.7. The Labute approximate surface area is 65.9 Å². The summed E-state index contributed by atoms with van der Waals surface area (Å²) in [6.07, 6.45) is 1.53. The molecule has 0 heterocycles. The van der Waals surface area contributed by atoms with Crippen molar-refractivity contribution in [3.63, 3.8) is 0 Å². The predicted octanol–water partition coefficient (Wildman–Crippen LogP) is 0.819. The zero-order valence-corrected chi connectivity index (χ0v) is 6.88. The summed E-state index contributed by atoms with van der Waals surface area (Å²) in [5, 5.41) is 8.33. The molecular formula is C6H10NO3P. The molecule has 0 bridgehead atoms. The van der Waals surface area contributed by atoms with Gasteiger partial charge in [-0.15, -0.1) is 0 Å². The van der Waals surface area contributed by atoms with E-state index in [0.717, 1.165) is 0 Å². The fourth-order valence-corrected chi connectivity index (χ4v) is 0.820. The van der Waals surface area contributed by atoms with Crippen molar-refractivity contribution in [1.29, 1.82) is 0 Å². The molecule has 0 rings (SSSR count). The van der Waals surface area contributed by atoms with Gasteiger partial charge in [-0.05, 0) is 0 Å². The predicted molar refractivity (Wildman–Crippen MR) is 41.0 cm³/mol. The topological polar surface area (TPSA) is 80.4 Å². The Kier molecular flexibility index (Phi) is 5.86. The molecule has 1 atom stereocenters. The summed E-state index contributed by atoms with van der Waals surface area (Å²) in [6, 6.07) is -0.805. The molecule has 0 aromatic rings. The summed E-state index contributed by atoms with van der Waals surface area (Å²) < 4.78 is 9.82. The number of carboxylic acid groups (broad SMARTS) is 1. The molecule has 0 unspecified atom stereocenters. The third-order valence-corrected chi connectivity index (χ3v) is 1.54. The van der Waals surface area contributed by atoms with Gasteiger partial charge in [-0.25, -0.2) is 0 Å². The quantitative estimate of drug-likeness (QED) is 0.489. The first-order chi connectivity index (χ1) is 5.18. The third kappa shape index (κ3) is 5.86. The van der Waals surface area contributed by atoms with Gasteiger partial charge in [0.25, 0.3) is 0 Å². The molecular weight excluding hydrogens is 165 g/mol. The van der Waals surface area contributed by atoms with Gasteiger partial charge in [0.05, 0.1) is 0 Å². The van der Waals surface area contributed by atoms with E-state index in [0.29, 0.717) is 19.3 Å². The molecule has 0 radical (unpaired) electrons. The van der Waals surface area contributed by atoms with Crippen LogP contribution in [-0.2, 0) is 9.36 Å². The standard InChI is InChI=1S/C6H10NO3P/c7-5(6(8)9)3-1-2-4-11-10/h5H,1-3,7H2,(H,8,9)/t5-/m1/s1. The van der Waals surface area contributed by atoms with Crippen LogP contribution >= 0.6 is 7.92 Å². The van der Waals surface area contributed by atoms with E-state index in [1.807, 2.05) is 0 Å². The van der Waals surface area contributed by atoms with Crippen molar-refractivity contribution in [3.05, 3.63) is 0 Å². The molecule has 4 nitrogen and oxygen atoms in total. The van der Waals surface area contributed by atoms with E-state index in [-0.39, 0.29) is 7.92 Å². The minimum atomic E-state index is -0.996. The second kappa shape index (κ2) is 6.17. The van der Waals surface area contributed by atoms with Gasteiger partial charge in [0.1, 0.15) is 0 Å². The van der Waals surface area contributed by atoms with E-state index >= 15 is 0 Å². The van der Waals surface area contributed by atoms with Crippen LogP contribution in [0.15, 0.2) is 0 Å². The van der Waals surface area contributed by atoms with Gasteiger partial charge >= 0.3 is 65.0 Å². The van der Waals surface area contributed by atoms with Gasteiger partial charge < -0.3 is 0 Å². The number of hydrogen-bond acceptors (Lipinski definition) is 3. The van der Waals surface area contributed by atoms with Crippen LogP contribution in [0.4, 0.5) is 0 Å². The van der Waals surface area contributed by atoms with Crippen molar-refractivity contribution in [3.8, 4) is 5.63 Å². The van der Waals surface area contributed by atoms with Gasteiger partial charge in [0.15, 0.2) is 0 Å². The average molecular weight is 175 g/mol. The fourth-order valence-electron chi connectivity index (χ4n) is 0.570. The van der Waals surface area contributed by atoms with Gasteiger partial charge in [-0.2, -0.15) is 0 Å². The van der Waals surface area contributed by atoms with Crippen LogP contribution in [0, 0.1) is 5.63 Å². The van der Waals surface area contributed by atoms with Crippen LogP contribution in [0.3, 0.4) is 0 Å². The van der Waals surface area contributed by atoms with Crippen molar-refractivity contribution in [2.75, 3.05) is 0 Å². The first-order valence-corrected chi connectivity index (χ1v) is 4.03. The summed E-state index contributed by atoms with van der Waals surface area (Å²) in [4.78, 5) is 10.2. The zero-order valence-electron chi connectivity index (χ0n) is 5.99. The Morgan fingerprint density at radius 1 is 1.73 bits per heavy atom. The van der Waals surface area contributed by atoms with Gasteiger partial charge in [-0.1, -0.05) is 0 Å². The summed E-state index contributed by atoms with van der Waals surface area (Å²) >= 11 is 0. The SMILES string of the molecule is N[C@H](CCCC#P=O)C(=O)O. The summed E-state index contributed by atoms with van der Waals surface area (Å²) in [7, 11) is -0.130. The van der Waals surface area contributed by atoms with Crippen LogP contribution in [0.1, 0.15) is 19.3 Å². The molecule has 0 aliphatic heterocycles. The fraction of sp³-hybridized carbons (Fsp3) is 0.667. The Morgan fingerprint density at radius 3 is 2.82 bits per heavy atom.